The highest BCUT2D eigenvalue weighted by Crippen LogP contribution is 2.25. The maximum absolute atomic E-state index is 10.2. The fraction of sp³-hybridized carbons (Fsp3) is 0.467. The highest BCUT2D eigenvalue weighted by molar-refractivity contribution is 6.66. The average molecular weight is 287 g/mol. The largest absolute Gasteiger partial charge is 0.423 e. The van der Waals surface area contributed by atoms with Crippen LogP contribution in [0.5, 0.6) is 0 Å². The lowest BCUT2D eigenvalue weighted by Crippen LogP contribution is -2.52. The van der Waals surface area contributed by atoms with Gasteiger partial charge in [0.25, 0.3) is 0 Å². The van der Waals surface area contributed by atoms with Gasteiger partial charge in [-0.1, -0.05) is 6.82 Å². The first kappa shape index (κ1) is 15.7. The van der Waals surface area contributed by atoms with Crippen LogP contribution in [0.3, 0.4) is 0 Å². The van der Waals surface area contributed by atoms with E-state index in [0.717, 1.165) is 11.2 Å². The summed E-state index contributed by atoms with van der Waals surface area (Å²) in [6, 6.07) is 3.81. The van der Waals surface area contributed by atoms with Gasteiger partial charge in [0.1, 0.15) is 0 Å². The summed E-state index contributed by atoms with van der Waals surface area (Å²) in [5.41, 5.74) is 0.262. The van der Waals surface area contributed by atoms with E-state index in [1.165, 1.54) is 0 Å². The molecule has 0 bridgehead atoms. The Balaban J connectivity index is 2.15. The van der Waals surface area contributed by atoms with Gasteiger partial charge >= 0.3 is 6.92 Å². The Morgan fingerprint density at radius 3 is 2.52 bits per heavy atom. The Morgan fingerprint density at radius 1 is 1.24 bits per heavy atom. The Bertz CT molecular complexity index is 590. The van der Waals surface area contributed by atoms with E-state index in [4.69, 9.17) is 4.65 Å². The van der Waals surface area contributed by atoms with Crippen LogP contribution in [0.1, 0.15) is 27.7 Å². The lowest BCUT2D eigenvalue weighted by Gasteiger charge is -2.39. The molecule has 6 heteroatoms. The maximum atomic E-state index is 10.2. The highest BCUT2D eigenvalue weighted by atomic mass is 16.5. The number of rotatable bonds is 5. The molecule has 2 aromatic rings. The number of pyridine rings is 1. The maximum Gasteiger partial charge on any atom is 0.327 e. The summed E-state index contributed by atoms with van der Waals surface area (Å²) in [7, 11) is 0. The third-order valence-corrected chi connectivity index (χ3v) is 3.93. The first-order valence-electron chi connectivity index (χ1n) is 7.06. The smallest absolute Gasteiger partial charge is 0.327 e. The molecule has 112 valence electrons. The second-order valence-electron chi connectivity index (χ2n) is 6.26. The molecule has 0 amide bonds. The van der Waals surface area contributed by atoms with Crippen molar-refractivity contribution in [3.8, 4) is 5.69 Å². The lowest BCUT2D eigenvalue weighted by molar-refractivity contribution is -0.0918. The Kier molecular flexibility index (Phi) is 4.21. The topological polar surface area (TPSA) is 60.2 Å². The first-order valence-corrected chi connectivity index (χ1v) is 7.06. The van der Waals surface area contributed by atoms with Crippen molar-refractivity contribution in [2.24, 2.45) is 0 Å². The first-order chi connectivity index (χ1) is 9.71. The van der Waals surface area contributed by atoms with Crippen molar-refractivity contribution in [3.05, 3.63) is 36.9 Å². The minimum atomic E-state index is -0.930. The second kappa shape index (κ2) is 5.62. The number of aromatic nitrogens is 3. The van der Waals surface area contributed by atoms with Crippen LogP contribution in [0.15, 0.2) is 36.9 Å². The van der Waals surface area contributed by atoms with Gasteiger partial charge in [0.15, 0.2) is 0 Å². The minimum absolute atomic E-state index is 0.170. The molecule has 2 heterocycles. The Labute approximate surface area is 126 Å². The van der Waals surface area contributed by atoms with Crippen LogP contribution in [0, 0.1) is 0 Å². The van der Waals surface area contributed by atoms with Gasteiger partial charge in [0.05, 0.1) is 23.1 Å². The van der Waals surface area contributed by atoms with E-state index < -0.39 is 11.2 Å². The van der Waals surface area contributed by atoms with Gasteiger partial charge in [0, 0.05) is 18.6 Å². The number of aliphatic hydroxyl groups is 1. The quantitative estimate of drug-likeness (QED) is 0.850. The lowest BCUT2D eigenvalue weighted by atomic mass is 9.64. The summed E-state index contributed by atoms with van der Waals surface area (Å²) in [6.07, 6.45) is 7.18. The molecule has 0 aliphatic carbocycles. The van der Waals surface area contributed by atoms with Crippen LogP contribution in [0.2, 0.25) is 6.82 Å². The molecule has 5 nitrogen and oxygen atoms in total. The third kappa shape index (κ3) is 3.51. The summed E-state index contributed by atoms with van der Waals surface area (Å²) in [5.74, 6) is 0. The monoisotopic (exact) mass is 287 g/mol. The van der Waals surface area contributed by atoms with Gasteiger partial charge in [-0.15, -0.1) is 0 Å². The SMILES string of the molecule is CB(OC(C)(C)C(C)(C)O)c1cnn(-c2cccnc2)c1. The van der Waals surface area contributed by atoms with Crippen LogP contribution in [0.25, 0.3) is 5.69 Å². The van der Waals surface area contributed by atoms with Crippen LogP contribution >= 0.6 is 0 Å². The van der Waals surface area contributed by atoms with E-state index in [0.29, 0.717) is 0 Å². The molecule has 0 aliphatic rings. The number of hydrogen-bond donors (Lipinski definition) is 1. The van der Waals surface area contributed by atoms with Crippen molar-refractivity contribution in [2.75, 3.05) is 0 Å². The van der Waals surface area contributed by atoms with E-state index in [2.05, 4.69) is 10.1 Å². The van der Waals surface area contributed by atoms with Gasteiger partial charge in [0.2, 0.25) is 0 Å². The molecule has 0 radical (unpaired) electrons. The van der Waals surface area contributed by atoms with Crippen molar-refractivity contribution >= 4 is 12.4 Å². The number of hydrogen-bond acceptors (Lipinski definition) is 4. The second-order valence-corrected chi connectivity index (χ2v) is 6.26. The molecule has 0 saturated carbocycles. The molecular formula is C15H22BN3O2. The molecule has 1 N–H and O–H groups in total. The number of nitrogens with zero attached hydrogens (tertiary/aromatic N) is 3. The van der Waals surface area contributed by atoms with Crippen LogP contribution < -0.4 is 5.46 Å². The van der Waals surface area contributed by atoms with Gasteiger partial charge < -0.3 is 9.76 Å². The Hall–Kier alpha value is -1.66. The standard InChI is InChI=1S/C15H22BN3O2/c1-14(2,20)15(3,4)21-16(5)12-9-18-19(11-12)13-7-6-8-17-10-13/h6-11,20H,1-5H3. The van der Waals surface area contributed by atoms with Gasteiger partial charge in [-0.3, -0.25) is 4.98 Å². The van der Waals surface area contributed by atoms with Gasteiger partial charge in [-0.25, -0.2) is 4.68 Å². The fourth-order valence-electron chi connectivity index (χ4n) is 1.83. The molecule has 2 aromatic heterocycles. The van der Waals surface area contributed by atoms with Gasteiger partial charge in [-0.2, -0.15) is 5.10 Å². The van der Waals surface area contributed by atoms with E-state index >= 15 is 0 Å². The zero-order valence-corrected chi connectivity index (χ0v) is 13.2. The summed E-state index contributed by atoms with van der Waals surface area (Å²) < 4.78 is 7.78. The van der Waals surface area contributed by atoms with Crippen molar-refractivity contribution in [3.63, 3.8) is 0 Å². The predicted molar refractivity (Wildman–Crippen MR) is 84.1 cm³/mol. The molecular weight excluding hydrogens is 265 g/mol. The van der Waals surface area contributed by atoms with Crippen LogP contribution in [-0.4, -0.2) is 38.0 Å². The summed E-state index contributed by atoms with van der Waals surface area (Å²) in [4.78, 5) is 4.08. The summed E-state index contributed by atoms with van der Waals surface area (Å²) in [6.45, 7) is 9.05. The highest BCUT2D eigenvalue weighted by Gasteiger charge is 2.38. The van der Waals surface area contributed by atoms with E-state index in [-0.39, 0.29) is 6.92 Å². The molecule has 0 unspecified atom stereocenters. The van der Waals surface area contributed by atoms with E-state index in [1.807, 2.05) is 39.0 Å². The summed E-state index contributed by atoms with van der Waals surface area (Å²) in [5, 5.41) is 14.5. The third-order valence-electron chi connectivity index (χ3n) is 3.93. The van der Waals surface area contributed by atoms with E-state index in [9.17, 15) is 5.11 Å². The summed E-state index contributed by atoms with van der Waals surface area (Å²) >= 11 is 0. The molecule has 2 rings (SSSR count). The molecule has 0 saturated heterocycles. The molecule has 21 heavy (non-hydrogen) atoms. The molecule has 0 aromatic carbocycles. The molecule has 0 fully saturated rings. The predicted octanol–water partition coefficient (Wildman–Crippen LogP) is 1.66. The van der Waals surface area contributed by atoms with Crippen LogP contribution in [0.4, 0.5) is 0 Å². The van der Waals surface area contributed by atoms with Crippen molar-refractivity contribution in [2.45, 2.75) is 45.7 Å². The van der Waals surface area contributed by atoms with Gasteiger partial charge in [-0.05, 0) is 45.3 Å². The van der Waals surface area contributed by atoms with Crippen molar-refractivity contribution in [1.29, 1.82) is 0 Å². The average Bonchev–Trinajstić information content (AvgIpc) is 2.87. The minimum Gasteiger partial charge on any atom is -0.423 e. The van der Waals surface area contributed by atoms with E-state index in [1.54, 1.807) is 37.1 Å². The zero-order chi connectivity index (χ0) is 15.7. The van der Waals surface area contributed by atoms with Crippen LogP contribution in [-0.2, 0) is 4.65 Å². The normalized spacial score (nSPS) is 12.5. The zero-order valence-electron chi connectivity index (χ0n) is 13.2. The Morgan fingerprint density at radius 2 is 1.95 bits per heavy atom. The fourth-order valence-corrected chi connectivity index (χ4v) is 1.83. The van der Waals surface area contributed by atoms with Crippen molar-refractivity contribution in [1.82, 2.24) is 14.8 Å². The molecule has 0 spiro atoms. The van der Waals surface area contributed by atoms with Crippen molar-refractivity contribution < 1.29 is 9.76 Å². The molecule has 0 aliphatic heterocycles. The molecule has 0 atom stereocenters.